The Balaban J connectivity index is 1.23. The molecule has 0 bridgehead atoms. The van der Waals surface area contributed by atoms with Crippen molar-refractivity contribution in [3.05, 3.63) is 66.5 Å². The van der Waals surface area contributed by atoms with Gasteiger partial charge >= 0.3 is 0 Å². The van der Waals surface area contributed by atoms with E-state index in [4.69, 9.17) is 4.74 Å². The van der Waals surface area contributed by atoms with Gasteiger partial charge in [-0.1, -0.05) is 24.3 Å². The summed E-state index contributed by atoms with van der Waals surface area (Å²) in [5.74, 6) is 0.0838. The third kappa shape index (κ3) is 4.03. The molecule has 1 aromatic heterocycles. The van der Waals surface area contributed by atoms with E-state index in [1.54, 1.807) is 6.20 Å². The van der Waals surface area contributed by atoms with E-state index in [-0.39, 0.29) is 17.9 Å². The standard InChI is InChI=1S/C25H25N3O3/c29-24(27-11-13-28(14-12-27)25(30)23-2-1-15-31-23)19-5-3-18(4-6-19)20-7-8-22-17-26-10-9-21(22)16-20/h3-10,16-17,23H,1-2,11-15H2/t23-/m0/s1. The quantitative estimate of drug-likeness (QED) is 0.658. The number of benzene rings is 2. The van der Waals surface area contributed by atoms with Crippen molar-refractivity contribution in [1.82, 2.24) is 14.8 Å². The number of rotatable bonds is 3. The van der Waals surface area contributed by atoms with Gasteiger partial charge in [-0.05, 0) is 53.6 Å². The predicted octanol–water partition coefficient (Wildman–Crippen LogP) is 3.37. The second-order valence-electron chi connectivity index (χ2n) is 8.13. The first kappa shape index (κ1) is 19.7. The number of hydrogen-bond acceptors (Lipinski definition) is 4. The van der Waals surface area contributed by atoms with Crippen LogP contribution in [0, 0.1) is 0 Å². The van der Waals surface area contributed by atoms with Crippen molar-refractivity contribution in [2.75, 3.05) is 32.8 Å². The summed E-state index contributed by atoms with van der Waals surface area (Å²) in [5, 5.41) is 2.25. The molecule has 2 amide bonds. The number of hydrogen-bond donors (Lipinski definition) is 0. The largest absolute Gasteiger partial charge is 0.368 e. The van der Waals surface area contributed by atoms with Crippen LogP contribution in [-0.4, -0.2) is 65.5 Å². The van der Waals surface area contributed by atoms with E-state index in [1.165, 1.54) is 0 Å². The van der Waals surface area contributed by atoms with Gasteiger partial charge in [0.05, 0.1) is 0 Å². The van der Waals surface area contributed by atoms with Crippen LogP contribution >= 0.6 is 0 Å². The van der Waals surface area contributed by atoms with Gasteiger partial charge in [0.1, 0.15) is 6.10 Å². The molecule has 31 heavy (non-hydrogen) atoms. The van der Waals surface area contributed by atoms with Gasteiger partial charge in [-0.2, -0.15) is 0 Å². The molecule has 0 radical (unpaired) electrons. The van der Waals surface area contributed by atoms with Gasteiger partial charge in [0.2, 0.25) is 0 Å². The molecule has 0 N–H and O–H groups in total. The molecule has 5 rings (SSSR count). The molecule has 2 aromatic carbocycles. The highest BCUT2D eigenvalue weighted by Crippen LogP contribution is 2.25. The normalized spacial score (nSPS) is 19.0. The van der Waals surface area contributed by atoms with Crippen molar-refractivity contribution in [3.8, 4) is 11.1 Å². The van der Waals surface area contributed by atoms with Crippen molar-refractivity contribution in [2.45, 2.75) is 18.9 Å². The SMILES string of the molecule is O=C(c1ccc(-c2ccc3cnccc3c2)cc1)N1CCN(C(=O)[C@@H]2CCCO2)CC1. The van der Waals surface area contributed by atoms with Crippen LogP contribution in [0.15, 0.2) is 60.9 Å². The summed E-state index contributed by atoms with van der Waals surface area (Å²) < 4.78 is 5.51. The summed E-state index contributed by atoms with van der Waals surface area (Å²) >= 11 is 0. The maximum Gasteiger partial charge on any atom is 0.253 e. The Morgan fingerprint density at radius 3 is 2.35 bits per heavy atom. The Morgan fingerprint density at radius 2 is 1.61 bits per heavy atom. The molecule has 0 spiro atoms. The van der Waals surface area contributed by atoms with Crippen LogP contribution < -0.4 is 0 Å². The summed E-state index contributed by atoms with van der Waals surface area (Å²) in [6.07, 6.45) is 5.11. The fourth-order valence-electron chi connectivity index (χ4n) is 4.36. The molecule has 0 unspecified atom stereocenters. The van der Waals surface area contributed by atoms with Gasteiger partial charge in [-0.25, -0.2) is 0 Å². The molecule has 0 saturated carbocycles. The maximum absolute atomic E-state index is 12.9. The van der Waals surface area contributed by atoms with Gasteiger partial charge < -0.3 is 14.5 Å². The number of fused-ring (bicyclic) bond motifs is 1. The lowest BCUT2D eigenvalue weighted by atomic mass is 10.0. The lowest BCUT2D eigenvalue weighted by Crippen LogP contribution is -2.52. The fourth-order valence-corrected chi connectivity index (χ4v) is 4.36. The molecule has 3 heterocycles. The van der Waals surface area contributed by atoms with E-state index in [0.717, 1.165) is 34.7 Å². The zero-order valence-electron chi connectivity index (χ0n) is 17.4. The molecule has 6 heteroatoms. The van der Waals surface area contributed by atoms with Gasteiger partial charge in [0.25, 0.3) is 11.8 Å². The Labute approximate surface area is 181 Å². The summed E-state index contributed by atoms with van der Waals surface area (Å²) in [6, 6.07) is 16.0. The lowest BCUT2D eigenvalue weighted by molar-refractivity contribution is -0.142. The zero-order valence-corrected chi connectivity index (χ0v) is 17.4. The molecule has 2 fully saturated rings. The van der Waals surface area contributed by atoms with Crippen LogP contribution in [-0.2, 0) is 9.53 Å². The molecule has 1 atom stereocenters. The number of carbonyl (C=O) groups excluding carboxylic acids is 2. The van der Waals surface area contributed by atoms with E-state index in [9.17, 15) is 9.59 Å². The zero-order chi connectivity index (χ0) is 21.2. The third-order valence-corrected chi connectivity index (χ3v) is 6.19. The van der Waals surface area contributed by atoms with Crippen LogP contribution in [0.1, 0.15) is 23.2 Å². The topological polar surface area (TPSA) is 62.7 Å². The van der Waals surface area contributed by atoms with E-state index in [0.29, 0.717) is 38.3 Å². The molecular formula is C25H25N3O3. The first-order chi connectivity index (χ1) is 15.2. The number of amides is 2. The minimum absolute atomic E-state index is 0.0142. The average molecular weight is 415 g/mol. The van der Waals surface area contributed by atoms with Gasteiger partial charge in [0, 0.05) is 56.1 Å². The number of nitrogens with zero attached hydrogens (tertiary/aromatic N) is 3. The molecule has 158 valence electrons. The molecule has 2 saturated heterocycles. The molecule has 6 nitrogen and oxygen atoms in total. The second-order valence-corrected chi connectivity index (χ2v) is 8.13. The van der Waals surface area contributed by atoms with E-state index >= 15 is 0 Å². The number of pyridine rings is 1. The minimum atomic E-state index is -0.291. The summed E-state index contributed by atoms with van der Waals surface area (Å²) in [5.41, 5.74) is 2.86. The van der Waals surface area contributed by atoms with Crippen molar-refractivity contribution >= 4 is 22.6 Å². The Hall–Kier alpha value is -3.25. The molecule has 0 aliphatic carbocycles. The van der Waals surface area contributed by atoms with Crippen molar-refractivity contribution in [2.24, 2.45) is 0 Å². The summed E-state index contributed by atoms with van der Waals surface area (Å²) in [6.45, 7) is 2.90. The highest BCUT2D eigenvalue weighted by atomic mass is 16.5. The monoisotopic (exact) mass is 415 g/mol. The van der Waals surface area contributed by atoms with E-state index in [1.807, 2.05) is 46.3 Å². The first-order valence-corrected chi connectivity index (χ1v) is 10.8. The second kappa shape index (κ2) is 8.47. The highest BCUT2D eigenvalue weighted by molar-refractivity contribution is 5.95. The van der Waals surface area contributed by atoms with Crippen LogP contribution in [0.25, 0.3) is 21.9 Å². The van der Waals surface area contributed by atoms with Crippen LogP contribution in [0.3, 0.4) is 0 Å². The molecular weight excluding hydrogens is 390 g/mol. The van der Waals surface area contributed by atoms with Gasteiger partial charge in [-0.15, -0.1) is 0 Å². The van der Waals surface area contributed by atoms with Crippen LogP contribution in [0.2, 0.25) is 0 Å². The lowest BCUT2D eigenvalue weighted by Gasteiger charge is -2.35. The van der Waals surface area contributed by atoms with Crippen LogP contribution in [0.4, 0.5) is 0 Å². The number of carbonyl (C=O) groups is 2. The maximum atomic E-state index is 12.9. The van der Waals surface area contributed by atoms with Crippen molar-refractivity contribution < 1.29 is 14.3 Å². The Kier molecular flexibility index (Phi) is 5.38. The number of ether oxygens (including phenoxy) is 1. The predicted molar refractivity (Wildman–Crippen MR) is 119 cm³/mol. The van der Waals surface area contributed by atoms with Crippen molar-refractivity contribution in [3.63, 3.8) is 0 Å². The van der Waals surface area contributed by atoms with Gasteiger partial charge in [0.15, 0.2) is 0 Å². The summed E-state index contributed by atoms with van der Waals surface area (Å²) in [7, 11) is 0. The van der Waals surface area contributed by atoms with Crippen LogP contribution in [0.5, 0.6) is 0 Å². The first-order valence-electron chi connectivity index (χ1n) is 10.8. The Bertz CT molecular complexity index is 1100. The highest BCUT2D eigenvalue weighted by Gasteiger charge is 2.31. The minimum Gasteiger partial charge on any atom is -0.368 e. The number of aromatic nitrogens is 1. The van der Waals surface area contributed by atoms with Crippen molar-refractivity contribution in [1.29, 1.82) is 0 Å². The molecule has 2 aliphatic rings. The third-order valence-electron chi connectivity index (χ3n) is 6.19. The Morgan fingerprint density at radius 1 is 0.871 bits per heavy atom. The fraction of sp³-hybridized carbons (Fsp3) is 0.320. The van der Waals surface area contributed by atoms with Gasteiger partial charge in [-0.3, -0.25) is 14.6 Å². The number of piperazine rings is 1. The van der Waals surface area contributed by atoms with E-state index < -0.39 is 0 Å². The van der Waals surface area contributed by atoms with E-state index in [2.05, 4.69) is 23.2 Å². The smallest absolute Gasteiger partial charge is 0.253 e. The molecule has 2 aliphatic heterocycles. The molecule has 3 aromatic rings. The summed E-state index contributed by atoms with van der Waals surface area (Å²) in [4.78, 5) is 33.3. The average Bonchev–Trinajstić information content (AvgIpc) is 3.38.